The lowest BCUT2D eigenvalue weighted by Crippen LogP contribution is -2.15. The molecule has 1 nitrogen and oxygen atoms in total. The number of halogens is 2. The molecule has 0 bridgehead atoms. The monoisotopic (exact) mass is 225 g/mol. The molecular weight excluding hydrogens is 213 g/mol. The number of unbranched alkanes of at least 4 members (excludes halogenated alkanes) is 1. The second kappa shape index (κ2) is 6.44. The van der Waals surface area contributed by atoms with Crippen LogP contribution in [0.5, 0.6) is 0 Å². The van der Waals surface area contributed by atoms with Crippen molar-refractivity contribution in [3.8, 4) is 12.3 Å². The highest BCUT2D eigenvalue weighted by Gasteiger charge is 2.04. The Kier molecular flexibility index (Phi) is 5.17. The molecule has 0 aliphatic heterocycles. The van der Waals surface area contributed by atoms with Gasteiger partial charge in [-0.2, -0.15) is 0 Å². The van der Waals surface area contributed by atoms with Crippen molar-refractivity contribution in [1.29, 1.82) is 0 Å². The standard InChI is InChI=1S/C12H13ClFN/c1-2-3-4-8-15-9-10-6-5-7-11(13)12(10)14/h1,5-7,15H,3-4,8-9H2. The summed E-state index contributed by atoms with van der Waals surface area (Å²) in [7, 11) is 0. The molecule has 0 saturated heterocycles. The van der Waals surface area contributed by atoms with E-state index in [1.54, 1.807) is 18.2 Å². The van der Waals surface area contributed by atoms with E-state index >= 15 is 0 Å². The van der Waals surface area contributed by atoms with Crippen LogP contribution in [0.1, 0.15) is 18.4 Å². The van der Waals surface area contributed by atoms with Crippen LogP contribution in [0.4, 0.5) is 4.39 Å². The Morgan fingerprint density at radius 2 is 2.27 bits per heavy atom. The van der Waals surface area contributed by atoms with Gasteiger partial charge in [-0.25, -0.2) is 4.39 Å². The van der Waals surface area contributed by atoms with Crippen molar-refractivity contribution >= 4 is 11.6 Å². The van der Waals surface area contributed by atoms with Crippen LogP contribution >= 0.6 is 11.6 Å². The Balaban J connectivity index is 2.38. The predicted octanol–water partition coefficient (Wildman–Crippen LogP) is 2.98. The molecule has 0 unspecified atom stereocenters. The summed E-state index contributed by atoms with van der Waals surface area (Å²) in [5, 5.41) is 3.28. The van der Waals surface area contributed by atoms with Gasteiger partial charge in [0.2, 0.25) is 0 Å². The maximum absolute atomic E-state index is 13.4. The first kappa shape index (κ1) is 12.0. The second-order valence-corrected chi connectivity index (χ2v) is 3.60. The molecule has 0 aromatic heterocycles. The van der Waals surface area contributed by atoms with E-state index in [4.69, 9.17) is 18.0 Å². The molecule has 0 amide bonds. The van der Waals surface area contributed by atoms with E-state index in [1.165, 1.54) is 0 Å². The van der Waals surface area contributed by atoms with Gasteiger partial charge < -0.3 is 5.32 Å². The Morgan fingerprint density at radius 1 is 1.47 bits per heavy atom. The quantitative estimate of drug-likeness (QED) is 0.600. The van der Waals surface area contributed by atoms with Crippen LogP contribution in [-0.4, -0.2) is 6.54 Å². The fraction of sp³-hybridized carbons (Fsp3) is 0.333. The van der Waals surface area contributed by atoms with Gasteiger partial charge in [0.1, 0.15) is 5.82 Å². The highest BCUT2D eigenvalue weighted by Crippen LogP contribution is 2.17. The molecular formula is C12H13ClFN. The molecule has 0 saturated carbocycles. The third kappa shape index (κ3) is 3.91. The van der Waals surface area contributed by atoms with Gasteiger partial charge in [-0.15, -0.1) is 12.3 Å². The predicted molar refractivity (Wildman–Crippen MR) is 61.2 cm³/mol. The van der Waals surface area contributed by atoms with Crippen LogP contribution in [0.15, 0.2) is 18.2 Å². The highest BCUT2D eigenvalue weighted by molar-refractivity contribution is 6.30. The third-order valence-electron chi connectivity index (χ3n) is 2.02. The summed E-state index contributed by atoms with van der Waals surface area (Å²) in [6, 6.07) is 5.00. The Morgan fingerprint density at radius 3 is 3.00 bits per heavy atom. The Hall–Kier alpha value is -1.04. The fourth-order valence-corrected chi connectivity index (χ4v) is 1.42. The zero-order valence-electron chi connectivity index (χ0n) is 8.39. The number of nitrogens with one attached hydrogen (secondary N) is 1. The molecule has 0 aliphatic rings. The molecule has 1 aromatic rings. The molecule has 15 heavy (non-hydrogen) atoms. The lowest BCUT2D eigenvalue weighted by atomic mass is 10.2. The van der Waals surface area contributed by atoms with Crippen molar-refractivity contribution in [1.82, 2.24) is 5.32 Å². The topological polar surface area (TPSA) is 12.0 Å². The first-order valence-corrected chi connectivity index (χ1v) is 5.20. The molecule has 0 fully saturated rings. The molecule has 1 N–H and O–H groups in total. The summed E-state index contributed by atoms with van der Waals surface area (Å²) in [5.74, 6) is 2.21. The Bertz CT molecular complexity index is 357. The van der Waals surface area contributed by atoms with Crippen LogP contribution < -0.4 is 5.32 Å². The summed E-state index contributed by atoms with van der Waals surface area (Å²) in [5.41, 5.74) is 0.586. The van der Waals surface area contributed by atoms with E-state index in [0.717, 1.165) is 19.4 Å². The number of rotatable bonds is 5. The average molecular weight is 226 g/mol. The third-order valence-corrected chi connectivity index (χ3v) is 2.31. The summed E-state index contributed by atoms with van der Waals surface area (Å²) in [6.07, 6.45) is 6.75. The van der Waals surface area contributed by atoms with Crippen molar-refractivity contribution in [3.05, 3.63) is 34.6 Å². The Labute approximate surface area is 94.6 Å². The van der Waals surface area contributed by atoms with E-state index in [0.29, 0.717) is 12.1 Å². The molecule has 1 aromatic carbocycles. The van der Waals surface area contributed by atoms with Crippen LogP contribution in [0.3, 0.4) is 0 Å². The smallest absolute Gasteiger partial charge is 0.146 e. The van der Waals surface area contributed by atoms with Crippen LogP contribution in [-0.2, 0) is 6.54 Å². The summed E-state index contributed by atoms with van der Waals surface area (Å²) in [6.45, 7) is 1.27. The molecule has 0 atom stereocenters. The number of hydrogen-bond acceptors (Lipinski definition) is 1. The van der Waals surface area contributed by atoms with E-state index in [-0.39, 0.29) is 10.8 Å². The van der Waals surface area contributed by atoms with Crippen molar-refractivity contribution in [2.75, 3.05) is 6.54 Å². The van der Waals surface area contributed by atoms with Crippen molar-refractivity contribution in [3.63, 3.8) is 0 Å². The number of hydrogen-bond donors (Lipinski definition) is 1. The molecule has 1 rings (SSSR count). The first-order chi connectivity index (χ1) is 7.25. The summed E-state index contributed by atoms with van der Waals surface area (Å²) < 4.78 is 13.4. The zero-order valence-corrected chi connectivity index (χ0v) is 9.15. The zero-order chi connectivity index (χ0) is 11.1. The first-order valence-electron chi connectivity index (χ1n) is 4.82. The average Bonchev–Trinajstić information content (AvgIpc) is 2.24. The lowest BCUT2D eigenvalue weighted by molar-refractivity contribution is 0.584. The molecule has 3 heteroatoms. The van der Waals surface area contributed by atoms with E-state index in [2.05, 4.69) is 11.2 Å². The second-order valence-electron chi connectivity index (χ2n) is 3.20. The largest absolute Gasteiger partial charge is 0.313 e. The minimum Gasteiger partial charge on any atom is -0.313 e. The minimum absolute atomic E-state index is 0.165. The van der Waals surface area contributed by atoms with Gasteiger partial charge in [0.15, 0.2) is 0 Å². The molecule has 0 radical (unpaired) electrons. The van der Waals surface area contributed by atoms with E-state index in [1.807, 2.05) is 0 Å². The van der Waals surface area contributed by atoms with Gasteiger partial charge in [0.25, 0.3) is 0 Å². The van der Waals surface area contributed by atoms with Crippen LogP contribution in [0.25, 0.3) is 0 Å². The van der Waals surface area contributed by atoms with Crippen molar-refractivity contribution < 1.29 is 4.39 Å². The molecule has 80 valence electrons. The molecule has 0 aliphatic carbocycles. The van der Waals surface area contributed by atoms with Gasteiger partial charge in [0, 0.05) is 18.5 Å². The van der Waals surface area contributed by atoms with Crippen LogP contribution in [0, 0.1) is 18.2 Å². The van der Waals surface area contributed by atoms with E-state index in [9.17, 15) is 4.39 Å². The summed E-state index contributed by atoms with van der Waals surface area (Å²) in [4.78, 5) is 0. The number of benzene rings is 1. The molecule has 0 spiro atoms. The van der Waals surface area contributed by atoms with Gasteiger partial charge in [-0.05, 0) is 19.0 Å². The lowest BCUT2D eigenvalue weighted by Gasteiger charge is -2.05. The maximum Gasteiger partial charge on any atom is 0.146 e. The minimum atomic E-state index is -0.344. The van der Waals surface area contributed by atoms with Gasteiger partial charge in [0.05, 0.1) is 5.02 Å². The molecule has 0 heterocycles. The fourth-order valence-electron chi connectivity index (χ4n) is 1.22. The van der Waals surface area contributed by atoms with Gasteiger partial charge in [-0.1, -0.05) is 23.7 Å². The maximum atomic E-state index is 13.4. The normalized spacial score (nSPS) is 9.93. The van der Waals surface area contributed by atoms with Crippen molar-refractivity contribution in [2.45, 2.75) is 19.4 Å². The van der Waals surface area contributed by atoms with Gasteiger partial charge >= 0.3 is 0 Å². The SMILES string of the molecule is C#CCCCNCc1cccc(Cl)c1F. The van der Waals surface area contributed by atoms with Crippen LogP contribution in [0.2, 0.25) is 5.02 Å². The van der Waals surface area contributed by atoms with Crippen molar-refractivity contribution in [2.24, 2.45) is 0 Å². The summed E-state index contributed by atoms with van der Waals surface area (Å²) >= 11 is 5.65. The van der Waals surface area contributed by atoms with Gasteiger partial charge in [-0.3, -0.25) is 0 Å². The highest BCUT2D eigenvalue weighted by atomic mass is 35.5. The number of terminal acetylenes is 1. The van der Waals surface area contributed by atoms with E-state index < -0.39 is 0 Å².